The van der Waals surface area contributed by atoms with Gasteiger partial charge in [0.05, 0.1) is 5.69 Å². The second-order valence-corrected chi connectivity index (χ2v) is 6.30. The van der Waals surface area contributed by atoms with Crippen LogP contribution in [-0.4, -0.2) is 78.4 Å². The molecule has 0 bridgehead atoms. The number of guanidine groups is 1. The third-order valence-corrected chi connectivity index (χ3v) is 4.12. The molecule has 0 unspecified atom stereocenters. The van der Waals surface area contributed by atoms with E-state index >= 15 is 0 Å². The van der Waals surface area contributed by atoms with Gasteiger partial charge in [0.15, 0.2) is 5.96 Å². The van der Waals surface area contributed by atoms with Gasteiger partial charge in [-0.25, -0.2) is 4.39 Å². The van der Waals surface area contributed by atoms with E-state index in [1.54, 1.807) is 26.3 Å². The van der Waals surface area contributed by atoms with Gasteiger partial charge in [-0.15, -0.1) is 24.0 Å². The number of rotatable bonds is 12. The molecular formula is C19H35FIN5O. The Balaban J connectivity index is 0.00000676. The number of halogens is 2. The summed E-state index contributed by atoms with van der Waals surface area (Å²) in [4.78, 5) is 8.43. The van der Waals surface area contributed by atoms with Crippen LogP contribution in [0.25, 0.3) is 0 Å². The number of ether oxygens (including phenoxy) is 1. The maximum atomic E-state index is 13.7. The first-order valence-corrected chi connectivity index (χ1v) is 9.16. The van der Waals surface area contributed by atoms with Gasteiger partial charge < -0.3 is 25.2 Å². The molecule has 0 saturated carbocycles. The fraction of sp³-hybridized carbons (Fsp3) is 0.632. The topological polar surface area (TPSA) is 52.1 Å². The van der Waals surface area contributed by atoms with Crippen LogP contribution in [0.2, 0.25) is 0 Å². The van der Waals surface area contributed by atoms with E-state index in [0.717, 1.165) is 58.1 Å². The van der Waals surface area contributed by atoms with Crippen molar-refractivity contribution in [2.75, 3.05) is 72.5 Å². The number of benzene rings is 1. The summed E-state index contributed by atoms with van der Waals surface area (Å²) in [6.45, 7) is 5.14. The summed E-state index contributed by atoms with van der Waals surface area (Å²) in [5.41, 5.74) is 0.631. The van der Waals surface area contributed by atoms with Crippen molar-refractivity contribution in [3.05, 3.63) is 30.1 Å². The molecule has 6 nitrogen and oxygen atoms in total. The fourth-order valence-electron chi connectivity index (χ4n) is 2.58. The molecule has 8 heteroatoms. The van der Waals surface area contributed by atoms with E-state index in [-0.39, 0.29) is 29.8 Å². The minimum atomic E-state index is -0.185. The third-order valence-electron chi connectivity index (χ3n) is 4.12. The molecule has 2 N–H and O–H groups in total. The van der Waals surface area contributed by atoms with Crippen molar-refractivity contribution in [2.45, 2.75) is 12.8 Å². The van der Waals surface area contributed by atoms with Crippen molar-refractivity contribution in [3.8, 4) is 0 Å². The molecule has 0 aromatic heterocycles. The van der Waals surface area contributed by atoms with E-state index in [2.05, 4.69) is 27.6 Å². The maximum Gasteiger partial charge on any atom is 0.191 e. The number of para-hydroxylation sites is 1. The number of likely N-dealkylation sites (N-methyl/N-ethyl adjacent to an activating group) is 1. The molecule has 0 fully saturated rings. The second kappa shape index (κ2) is 15.9. The molecule has 1 aromatic carbocycles. The van der Waals surface area contributed by atoms with Crippen molar-refractivity contribution in [2.24, 2.45) is 4.99 Å². The molecule has 0 radical (unpaired) electrons. The standard InChI is InChI=1S/C19H34FN5O.HI/c1-21-19(23-12-15-24(2)13-8-16-26-4)22-11-7-14-25(3)18-10-6-5-9-17(18)20;/h5-6,9-10H,7-8,11-16H2,1-4H3,(H2,21,22,23);1H. The lowest BCUT2D eigenvalue weighted by Gasteiger charge is -2.21. The van der Waals surface area contributed by atoms with E-state index in [0.29, 0.717) is 5.69 Å². The molecule has 0 amide bonds. The lowest BCUT2D eigenvalue weighted by atomic mass is 10.2. The van der Waals surface area contributed by atoms with Crippen molar-refractivity contribution >= 4 is 35.6 Å². The zero-order chi connectivity index (χ0) is 19.2. The Morgan fingerprint density at radius 2 is 1.78 bits per heavy atom. The minimum absolute atomic E-state index is 0. The molecule has 1 rings (SSSR count). The monoisotopic (exact) mass is 495 g/mol. The van der Waals surface area contributed by atoms with Crippen LogP contribution in [0.3, 0.4) is 0 Å². The van der Waals surface area contributed by atoms with Gasteiger partial charge in [0.1, 0.15) is 5.82 Å². The lowest BCUT2D eigenvalue weighted by Crippen LogP contribution is -2.41. The summed E-state index contributed by atoms with van der Waals surface area (Å²) >= 11 is 0. The molecule has 1 aromatic rings. The summed E-state index contributed by atoms with van der Waals surface area (Å²) in [7, 11) is 7.51. The zero-order valence-corrected chi connectivity index (χ0v) is 19.3. The molecule has 156 valence electrons. The lowest BCUT2D eigenvalue weighted by molar-refractivity contribution is 0.180. The van der Waals surface area contributed by atoms with Crippen LogP contribution in [0.1, 0.15) is 12.8 Å². The highest BCUT2D eigenvalue weighted by molar-refractivity contribution is 14.0. The smallest absolute Gasteiger partial charge is 0.191 e. The Morgan fingerprint density at radius 3 is 2.44 bits per heavy atom. The number of hydrogen-bond acceptors (Lipinski definition) is 4. The number of aliphatic imine (C=N–C) groups is 1. The minimum Gasteiger partial charge on any atom is -0.385 e. The largest absolute Gasteiger partial charge is 0.385 e. The van der Waals surface area contributed by atoms with Crippen LogP contribution in [0, 0.1) is 5.82 Å². The highest BCUT2D eigenvalue weighted by Crippen LogP contribution is 2.16. The Bertz CT molecular complexity index is 533. The number of methoxy groups -OCH3 is 1. The summed E-state index contributed by atoms with van der Waals surface area (Å²) in [6, 6.07) is 6.85. The van der Waals surface area contributed by atoms with Crippen LogP contribution in [0.5, 0.6) is 0 Å². The number of nitrogens with zero attached hydrogens (tertiary/aromatic N) is 3. The molecule has 0 atom stereocenters. The van der Waals surface area contributed by atoms with Gasteiger partial charge in [0.25, 0.3) is 0 Å². The van der Waals surface area contributed by atoms with Crippen LogP contribution >= 0.6 is 24.0 Å². The van der Waals surface area contributed by atoms with Gasteiger partial charge in [-0.05, 0) is 32.0 Å². The molecule has 0 spiro atoms. The predicted octanol–water partition coefficient (Wildman–Crippen LogP) is 2.40. The van der Waals surface area contributed by atoms with E-state index in [4.69, 9.17) is 4.74 Å². The van der Waals surface area contributed by atoms with Crippen LogP contribution < -0.4 is 15.5 Å². The molecule has 0 aliphatic carbocycles. The summed E-state index contributed by atoms with van der Waals surface area (Å²) < 4.78 is 18.8. The average Bonchev–Trinajstić information content (AvgIpc) is 2.64. The molecule has 0 saturated heterocycles. The van der Waals surface area contributed by atoms with Gasteiger partial charge in [-0.3, -0.25) is 4.99 Å². The zero-order valence-electron chi connectivity index (χ0n) is 17.0. The highest BCUT2D eigenvalue weighted by atomic mass is 127. The molecule has 27 heavy (non-hydrogen) atoms. The van der Waals surface area contributed by atoms with Crippen molar-refractivity contribution in [1.29, 1.82) is 0 Å². The number of nitrogens with one attached hydrogen (secondary N) is 2. The van der Waals surface area contributed by atoms with Gasteiger partial charge in [0.2, 0.25) is 0 Å². The van der Waals surface area contributed by atoms with Crippen molar-refractivity contribution in [1.82, 2.24) is 15.5 Å². The summed E-state index contributed by atoms with van der Waals surface area (Å²) in [5, 5.41) is 6.61. The molecule has 0 aliphatic rings. The second-order valence-electron chi connectivity index (χ2n) is 6.30. The Hall–Kier alpha value is -1.13. The van der Waals surface area contributed by atoms with E-state index in [1.807, 2.05) is 18.0 Å². The van der Waals surface area contributed by atoms with Crippen LogP contribution in [0.15, 0.2) is 29.3 Å². The third kappa shape index (κ3) is 11.3. The van der Waals surface area contributed by atoms with Gasteiger partial charge in [-0.2, -0.15) is 0 Å². The van der Waals surface area contributed by atoms with Crippen LogP contribution in [-0.2, 0) is 4.74 Å². The highest BCUT2D eigenvalue weighted by Gasteiger charge is 2.06. The predicted molar refractivity (Wildman–Crippen MR) is 123 cm³/mol. The van der Waals surface area contributed by atoms with Crippen LogP contribution in [0.4, 0.5) is 10.1 Å². The fourth-order valence-corrected chi connectivity index (χ4v) is 2.58. The first-order valence-electron chi connectivity index (χ1n) is 9.16. The average molecular weight is 495 g/mol. The normalized spacial score (nSPS) is 11.3. The Morgan fingerprint density at radius 1 is 1.07 bits per heavy atom. The van der Waals surface area contributed by atoms with E-state index in [1.165, 1.54) is 6.07 Å². The summed E-state index contributed by atoms with van der Waals surface area (Å²) in [5.74, 6) is 0.610. The Kier molecular flexibility index (Phi) is 15.2. The number of anilines is 1. The molecule has 0 aliphatic heterocycles. The first-order chi connectivity index (χ1) is 12.6. The van der Waals surface area contributed by atoms with Gasteiger partial charge in [-0.1, -0.05) is 12.1 Å². The van der Waals surface area contributed by atoms with E-state index < -0.39 is 0 Å². The van der Waals surface area contributed by atoms with Crippen molar-refractivity contribution in [3.63, 3.8) is 0 Å². The first kappa shape index (κ1) is 25.9. The number of hydrogen-bond donors (Lipinski definition) is 2. The van der Waals surface area contributed by atoms with Gasteiger partial charge >= 0.3 is 0 Å². The van der Waals surface area contributed by atoms with Gasteiger partial charge in [0, 0.05) is 60.5 Å². The van der Waals surface area contributed by atoms with E-state index in [9.17, 15) is 4.39 Å². The van der Waals surface area contributed by atoms with Crippen molar-refractivity contribution < 1.29 is 9.13 Å². The quantitative estimate of drug-likeness (QED) is 0.202. The summed E-state index contributed by atoms with van der Waals surface area (Å²) in [6.07, 6.45) is 1.93. The SMILES string of the molecule is CN=C(NCCCN(C)c1ccccc1F)NCCN(C)CCCOC.I. The maximum absolute atomic E-state index is 13.7. The molecule has 0 heterocycles. The molecular weight excluding hydrogens is 460 g/mol. The Labute approximate surface area is 180 Å².